The van der Waals surface area contributed by atoms with Gasteiger partial charge in [0.05, 0.1) is 12.1 Å². The van der Waals surface area contributed by atoms with Crippen LogP contribution >= 0.6 is 11.3 Å². The Balaban J connectivity index is 2.16. The van der Waals surface area contributed by atoms with Gasteiger partial charge in [0, 0.05) is 13.2 Å². The molecule has 1 aromatic heterocycles. The normalized spacial score (nSPS) is 25.2. The van der Waals surface area contributed by atoms with Gasteiger partial charge in [0.1, 0.15) is 4.21 Å². The van der Waals surface area contributed by atoms with Crippen LogP contribution in [0.5, 0.6) is 0 Å². The van der Waals surface area contributed by atoms with Gasteiger partial charge in [-0.25, -0.2) is 13.1 Å². The van der Waals surface area contributed by atoms with E-state index in [9.17, 15) is 8.42 Å². The van der Waals surface area contributed by atoms with Crippen molar-refractivity contribution in [2.24, 2.45) is 5.73 Å². The quantitative estimate of drug-likeness (QED) is 0.868. The average Bonchev–Trinajstić information content (AvgIpc) is 2.77. The lowest BCUT2D eigenvalue weighted by Crippen LogP contribution is -2.51. The largest absolute Gasteiger partial charge is 0.380 e. The molecule has 0 bridgehead atoms. The monoisotopic (exact) mass is 290 g/mol. The lowest BCUT2D eigenvalue weighted by atomic mass is 9.97. The van der Waals surface area contributed by atoms with Crippen molar-refractivity contribution in [2.45, 2.75) is 36.1 Å². The van der Waals surface area contributed by atoms with Crippen LogP contribution in [0.25, 0.3) is 0 Å². The van der Waals surface area contributed by atoms with Gasteiger partial charge >= 0.3 is 0 Å². The number of rotatable bonds is 4. The molecule has 18 heavy (non-hydrogen) atoms. The molecule has 5 nitrogen and oxygen atoms in total. The second-order valence-corrected chi connectivity index (χ2v) is 7.62. The van der Waals surface area contributed by atoms with Crippen molar-refractivity contribution in [3.63, 3.8) is 0 Å². The number of ether oxygens (including phenoxy) is 1. The fraction of sp³-hybridized carbons (Fsp3) is 0.636. The fourth-order valence-corrected chi connectivity index (χ4v) is 4.63. The molecule has 0 aliphatic carbocycles. The summed E-state index contributed by atoms with van der Waals surface area (Å²) in [6.07, 6.45) is 1.67. The molecular formula is C11H18N2O3S2. The van der Waals surface area contributed by atoms with Crippen LogP contribution in [-0.4, -0.2) is 27.2 Å². The Morgan fingerprint density at radius 1 is 1.61 bits per heavy atom. The Hall–Kier alpha value is -0.470. The molecule has 0 amide bonds. The Labute approximate surface area is 111 Å². The third kappa shape index (κ3) is 3.10. The zero-order valence-corrected chi connectivity index (χ0v) is 11.9. The summed E-state index contributed by atoms with van der Waals surface area (Å²) in [7, 11) is -3.47. The molecule has 0 saturated carbocycles. The first-order chi connectivity index (χ1) is 8.45. The van der Waals surface area contributed by atoms with E-state index in [0.717, 1.165) is 18.4 Å². The van der Waals surface area contributed by atoms with E-state index in [1.807, 2.05) is 6.92 Å². The van der Waals surface area contributed by atoms with E-state index in [0.29, 0.717) is 24.0 Å². The summed E-state index contributed by atoms with van der Waals surface area (Å²) in [4.78, 5) is 0. The highest BCUT2D eigenvalue weighted by molar-refractivity contribution is 7.91. The van der Waals surface area contributed by atoms with E-state index < -0.39 is 15.6 Å². The van der Waals surface area contributed by atoms with Crippen LogP contribution in [0, 0.1) is 0 Å². The number of hydrogen-bond donors (Lipinski definition) is 2. The van der Waals surface area contributed by atoms with Crippen LogP contribution in [0.3, 0.4) is 0 Å². The maximum absolute atomic E-state index is 12.2. The third-order valence-corrected chi connectivity index (χ3v) is 6.08. The summed E-state index contributed by atoms with van der Waals surface area (Å²) in [5.74, 6) is 0. The number of nitrogens with two attached hydrogens (primary N) is 1. The summed E-state index contributed by atoms with van der Waals surface area (Å²) in [6.45, 7) is 3.35. The molecule has 1 fully saturated rings. The van der Waals surface area contributed by atoms with Crippen molar-refractivity contribution in [2.75, 3.05) is 13.2 Å². The molecule has 1 aliphatic heterocycles. The van der Waals surface area contributed by atoms with Crippen LogP contribution in [0.4, 0.5) is 0 Å². The molecule has 2 rings (SSSR count). The van der Waals surface area contributed by atoms with Crippen molar-refractivity contribution in [1.82, 2.24) is 4.72 Å². The molecule has 0 radical (unpaired) electrons. The van der Waals surface area contributed by atoms with Gasteiger partial charge in [-0.3, -0.25) is 0 Å². The highest BCUT2D eigenvalue weighted by Crippen LogP contribution is 2.25. The van der Waals surface area contributed by atoms with Crippen LogP contribution in [0.2, 0.25) is 0 Å². The summed E-state index contributed by atoms with van der Waals surface area (Å²) >= 11 is 1.20. The first-order valence-electron chi connectivity index (χ1n) is 5.84. The Morgan fingerprint density at radius 3 is 2.94 bits per heavy atom. The van der Waals surface area contributed by atoms with Crippen LogP contribution in [0.1, 0.15) is 25.3 Å². The summed E-state index contributed by atoms with van der Waals surface area (Å²) in [5.41, 5.74) is 5.82. The number of sulfonamides is 1. The van der Waals surface area contributed by atoms with Gasteiger partial charge in [-0.1, -0.05) is 0 Å². The van der Waals surface area contributed by atoms with Crippen LogP contribution < -0.4 is 10.5 Å². The Bertz CT molecular complexity index is 504. The molecule has 1 atom stereocenters. The number of thiophene rings is 1. The summed E-state index contributed by atoms with van der Waals surface area (Å²) < 4.78 is 32.9. The minimum Gasteiger partial charge on any atom is -0.380 e. The third-order valence-electron chi connectivity index (χ3n) is 2.95. The van der Waals surface area contributed by atoms with Crippen molar-refractivity contribution >= 4 is 21.4 Å². The lowest BCUT2D eigenvalue weighted by molar-refractivity contribution is 0.0387. The second-order valence-electron chi connectivity index (χ2n) is 4.80. The Kier molecular flexibility index (Phi) is 4.08. The molecule has 0 spiro atoms. The van der Waals surface area contributed by atoms with Gasteiger partial charge in [-0.15, -0.1) is 11.3 Å². The predicted octanol–water partition coefficient (Wildman–Crippen LogP) is 1.05. The summed E-state index contributed by atoms with van der Waals surface area (Å²) in [6, 6.07) is 1.63. The van der Waals surface area contributed by atoms with Gasteiger partial charge in [0.15, 0.2) is 0 Å². The lowest BCUT2D eigenvalue weighted by Gasteiger charge is -2.33. The molecule has 3 N–H and O–H groups in total. The highest BCUT2D eigenvalue weighted by atomic mass is 32.2. The molecule has 1 aliphatic rings. The first kappa shape index (κ1) is 14.0. The van der Waals surface area contributed by atoms with Crippen molar-refractivity contribution in [1.29, 1.82) is 0 Å². The number of nitrogens with one attached hydrogen (secondary N) is 1. The standard InChI is InChI=1S/C11H18N2O3S2/c1-11(3-2-4-16-8-11)13-18(14,15)10-5-9(6-12)7-17-10/h5,7,13H,2-4,6,8,12H2,1H3. The van der Waals surface area contributed by atoms with Crippen molar-refractivity contribution < 1.29 is 13.2 Å². The molecule has 0 aromatic carbocycles. The molecular weight excluding hydrogens is 272 g/mol. The molecule has 7 heteroatoms. The van der Waals surface area contributed by atoms with E-state index in [4.69, 9.17) is 10.5 Å². The highest BCUT2D eigenvalue weighted by Gasteiger charge is 2.33. The minimum atomic E-state index is -3.47. The SMILES string of the molecule is CC1(NS(=O)(=O)c2cc(CN)cs2)CCCOC1. The molecule has 1 saturated heterocycles. The first-order valence-corrected chi connectivity index (χ1v) is 8.21. The topological polar surface area (TPSA) is 81.4 Å². The van der Waals surface area contributed by atoms with E-state index in [2.05, 4.69) is 4.72 Å². The van der Waals surface area contributed by atoms with Crippen LogP contribution in [0.15, 0.2) is 15.7 Å². The second kappa shape index (κ2) is 5.26. The fourth-order valence-electron chi connectivity index (χ4n) is 1.99. The average molecular weight is 290 g/mol. The Morgan fingerprint density at radius 2 is 2.39 bits per heavy atom. The molecule has 1 unspecified atom stereocenters. The molecule has 2 heterocycles. The van der Waals surface area contributed by atoms with Crippen molar-refractivity contribution in [3.8, 4) is 0 Å². The van der Waals surface area contributed by atoms with Gasteiger partial charge in [0.25, 0.3) is 10.0 Å². The van der Waals surface area contributed by atoms with E-state index in [1.54, 1.807) is 11.4 Å². The minimum absolute atomic E-state index is 0.315. The van der Waals surface area contributed by atoms with Gasteiger partial charge in [-0.05, 0) is 36.8 Å². The smallest absolute Gasteiger partial charge is 0.250 e. The maximum Gasteiger partial charge on any atom is 0.250 e. The van der Waals surface area contributed by atoms with Gasteiger partial charge in [0.2, 0.25) is 0 Å². The van der Waals surface area contributed by atoms with Gasteiger partial charge in [-0.2, -0.15) is 0 Å². The van der Waals surface area contributed by atoms with E-state index in [1.165, 1.54) is 11.3 Å². The maximum atomic E-state index is 12.2. The van der Waals surface area contributed by atoms with Crippen molar-refractivity contribution in [3.05, 3.63) is 17.0 Å². The van der Waals surface area contributed by atoms with Gasteiger partial charge < -0.3 is 10.5 Å². The predicted molar refractivity (Wildman–Crippen MR) is 71.0 cm³/mol. The number of hydrogen-bond acceptors (Lipinski definition) is 5. The molecule has 1 aromatic rings. The van der Waals surface area contributed by atoms with E-state index >= 15 is 0 Å². The van der Waals surface area contributed by atoms with E-state index in [-0.39, 0.29) is 0 Å². The molecule has 102 valence electrons. The zero-order chi connectivity index (χ0) is 13.2. The zero-order valence-electron chi connectivity index (χ0n) is 10.3. The van der Waals surface area contributed by atoms with Crippen LogP contribution in [-0.2, 0) is 21.3 Å². The summed E-state index contributed by atoms with van der Waals surface area (Å²) in [5, 5.41) is 1.77.